The highest BCUT2D eigenvalue weighted by molar-refractivity contribution is 7.13. The van der Waals surface area contributed by atoms with Gasteiger partial charge < -0.3 is 14.7 Å². The van der Waals surface area contributed by atoms with Crippen LogP contribution in [0.2, 0.25) is 0 Å². The maximum Gasteiger partial charge on any atom is 0.272 e. The Labute approximate surface area is 134 Å². The minimum atomic E-state index is -0.0366. The summed E-state index contributed by atoms with van der Waals surface area (Å²) in [5.74, 6) is -0.0366. The summed E-state index contributed by atoms with van der Waals surface area (Å²) in [6.07, 6.45) is 0. The molecule has 0 saturated carbocycles. The fraction of sp³-hybridized carbons (Fsp3) is 0.375. The minimum absolute atomic E-state index is 0.0366. The van der Waals surface area contributed by atoms with Crippen molar-refractivity contribution in [3.63, 3.8) is 0 Å². The number of hydrogen-bond acceptors (Lipinski definition) is 5. The van der Waals surface area contributed by atoms with Gasteiger partial charge in [0.05, 0.1) is 0 Å². The number of thiazole rings is 1. The van der Waals surface area contributed by atoms with Crippen LogP contribution in [0.4, 0.5) is 10.8 Å². The molecule has 0 atom stereocenters. The molecule has 1 aromatic heterocycles. The predicted octanol–water partition coefficient (Wildman–Crippen LogP) is 2.17. The standard InChI is InChI=1S/C16H20N4OS/c1-18(2)15(21)14-12-22-16(17-14)20-10-8-19(9-11-20)13-6-4-3-5-7-13/h3-7,12H,8-11H2,1-2H3. The first-order valence-corrected chi connectivity index (χ1v) is 8.25. The molecule has 116 valence electrons. The number of aromatic nitrogens is 1. The normalized spacial score (nSPS) is 15.0. The SMILES string of the molecule is CN(C)C(=O)c1csc(N2CCN(c3ccccc3)CC2)n1. The maximum absolute atomic E-state index is 11.9. The number of amides is 1. The Hall–Kier alpha value is -2.08. The molecule has 0 spiro atoms. The van der Waals surface area contributed by atoms with Gasteiger partial charge in [-0.15, -0.1) is 11.3 Å². The average Bonchev–Trinajstić information content (AvgIpc) is 3.05. The largest absolute Gasteiger partial charge is 0.368 e. The Balaban J connectivity index is 1.63. The average molecular weight is 316 g/mol. The highest BCUT2D eigenvalue weighted by atomic mass is 32.1. The van der Waals surface area contributed by atoms with Crippen molar-refractivity contribution in [1.29, 1.82) is 0 Å². The van der Waals surface area contributed by atoms with E-state index in [0.717, 1.165) is 31.3 Å². The molecule has 0 N–H and O–H groups in total. The van der Waals surface area contributed by atoms with Gasteiger partial charge in [-0.3, -0.25) is 4.79 Å². The predicted molar refractivity (Wildman–Crippen MR) is 91.0 cm³/mol. The number of nitrogens with zero attached hydrogens (tertiary/aromatic N) is 4. The Morgan fingerprint density at radius 2 is 1.73 bits per heavy atom. The fourth-order valence-electron chi connectivity index (χ4n) is 2.53. The van der Waals surface area contributed by atoms with Crippen LogP contribution in [-0.4, -0.2) is 56.1 Å². The number of carbonyl (C=O) groups excluding carboxylic acids is 1. The van der Waals surface area contributed by atoms with E-state index in [9.17, 15) is 4.79 Å². The number of anilines is 2. The van der Waals surface area contributed by atoms with Gasteiger partial charge in [-0.1, -0.05) is 18.2 Å². The third-order valence-electron chi connectivity index (χ3n) is 3.79. The van der Waals surface area contributed by atoms with Gasteiger partial charge >= 0.3 is 0 Å². The first-order chi connectivity index (χ1) is 10.6. The summed E-state index contributed by atoms with van der Waals surface area (Å²) in [6.45, 7) is 3.80. The number of rotatable bonds is 3. The first-order valence-electron chi connectivity index (χ1n) is 7.37. The monoisotopic (exact) mass is 316 g/mol. The fourth-order valence-corrected chi connectivity index (χ4v) is 3.38. The van der Waals surface area contributed by atoms with Crippen LogP contribution in [-0.2, 0) is 0 Å². The second kappa shape index (κ2) is 6.36. The molecule has 1 aromatic carbocycles. The Morgan fingerprint density at radius 3 is 2.36 bits per heavy atom. The van der Waals surface area contributed by atoms with E-state index in [1.807, 2.05) is 11.4 Å². The van der Waals surface area contributed by atoms with Gasteiger partial charge in [0, 0.05) is 51.3 Å². The zero-order valence-electron chi connectivity index (χ0n) is 12.9. The van der Waals surface area contributed by atoms with E-state index >= 15 is 0 Å². The number of piperazine rings is 1. The van der Waals surface area contributed by atoms with Crippen LogP contribution in [0.5, 0.6) is 0 Å². The summed E-state index contributed by atoms with van der Waals surface area (Å²) in [7, 11) is 3.50. The summed E-state index contributed by atoms with van der Waals surface area (Å²) in [6, 6.07) is 10.5. The summed E-state index contributed by atoms with van der Waals surface area (Å²) < 4.78 is 0. The third-order valence-corrected chi connectivity index (χ3v) is 4.69. The third kappa shape index (κ3) is 3.06. The van der Waals surface area contributed by atoms with E-state index in [-0.39, 0.29) is 5.91 Å². The lowest BCUT2D eigenvalue weighted by atomic mass is 10.2. The van der Waals surface area contributed by atoms with Crippen LogP contribution in [0.15, 0.2) is 35.7 Å². The number of carbonyl (C=O) groups is 1. The van der Waals surface area contributed by atoms with Crippen molar-refractivity contribution in [2.24, 2.45) is 0 Å². The lowest BCUT2D eigenvalue weighted by molar-refractivity contribution is 0.0823. The van der Waals surface area contributed by atoms with Gasteiger partial charge in [0.1, 0.15) is 5.69 Å². The van der Waals surface area contributed by atoms with Crippen molar-refractivity contribution >= 4 is 28.1 Å². The molecule has 0 bridgehead atoms. The van der Waals surface area contributed by atoms with Gasteiger partial charge in [0.15, 0.2) is 5.13 Å². The van der Waals surface area contributed by atoms with E-state index in [1.165, 1.54) is 5.69 Å². The molecule has 6 heteroatoms. The zero-order valence-corrected chi connectivity index (χ0v) is 13.7. The van der Waals surface area contributed by atoms with E-state index in [0.29, 0.717) is 5.69 Å². The van der Waals surface area contributed by atoms with Gasteiger partial charge in [-0.2, -0.15) is 0 Å². The number of para-hydroxylation sites is 1. The van der Waals surface area contributed by atoms with Crippen LogP contribution < -0.4 is 9.80 Å². The van der Waals surface area contributed by atoms with Gasteiger partial charge in [0.25, 0.3) is 5.91 Å². The van der Waals surface area contributed by atoms with Crippen LogP contribution in [0, 0.1) is 0 Å². The van der Waals surface area contributed by atoms with E-state index in [4.69, 9.17) is 0 Å². The molecule has 2 aromatic rings. The topological polar surface area (TPSA) is 39.7 Å². The van der Waals surface area contributed by atoms with Crippen molar-refractivity contribution in [2.75, 3.05) is 50.1 Å². The van der Waals surface area contributed by atoms with Gasteiger partial charge in [-0.25, -0.2) is 4.98 Å². The van der Waals surface area contributed by atoms with Crippen LogP contribution in [0.1, 0.15) is 10.5 Å². The van der Waals surface area contributed by atoms with Gasteiger partial charge in [-0.05, 0) is 12.1 Å². The Morgan fingerprint density at radius 1 is 1.09 bits per heavy atom. The van der Waals surface area contributed by atoms with Crippen molar-refractivity contribution in [3.8, 4) is 0 Å². The molecule has 2 heterocycles. The summed E-state index contributed by atoms with van der Waals surface area (Å²) >= 11 is 1.55. The molecule has 5 nitrogen and oxygen atoms in total. The molecule has 1 saturated heterocycles. The quantitative estimate of drug-likeness (QED) is 0.870. The highest BCUT2D eigenvalue weighted by Crippen LogP contribution is 2.24. The second-order valence-electron chi connectivity index (χ2n) is 5.52. The van der Waals surface area contributed by atoms with Crippen molar-refractivity contribution in [2.45, 2.75) is 0 Å². The van der Waals surface area contributed by atoms with Crippen molar-refractivity contribution < 1.29 is 4.79 Å². The smallest absolute Gasteiger partial charge is 0.272 e. The first kappa shape index (κ1) is 14.8. The second-order valence-corrected chi connectivity index (χ2v) is 6.36. The number of benzene rings is 1. The molecule has 0 unspecified atom stereocenters. The molecular formula is C16H20N4OS. The minimum Gasteiger partial charge on any atom is -0.368 e. The lowest BCUT2D eigenvalue weighted by Gasteiger charge is -2.35. The van der Waals surface area contributed by atoms with Crippen LogP contribution in [0.25, 0.3) is 0 Å². The molecule has 22 heavy (non-hydrogen) atoms. The Bertz CT molecular complexity index is 633. The molecule has 1 aliphatic heterocycles. The number of hydrogen-bond donors (Lipinski definition) is 0. The molecule has 0 radical (unpaired) electrons. The lowest BCUT2D eigenvalue weighted by Crippen LogP contribution is -2.46. The highest BCUT2D eigenvalue weighted by Gasteiger charge is 2.21. The zero-order chi connectivity index (χ0) is 15.5. The summed E-state index contributed by atoms with van der Waals surface area (Å²) in [4.78, 5) is 22.6. The molecule has 3 rings (SSSR count). The summed E-state index contributed by atoms with van der Waals surface area (Å²) in [5.41, 5.74) is 1.81. The van der Waals surface area contributed by atoms with E-state index < -0.39 is 0 Å². The molecule has 1 aliphatic rings. The van der Waals surface area contributed by atoms with Crippen molar-refractivity contribution in [3.05, 3.63) is 41.4 Å². The molecule has 1 amide bonds. The maximum atomic E-state index is 11.9. The summed E-state index contributed by atoms with van der Waals surface area (Å²) in [5, 5.41) is 2.79. The van der Waals surface area contributed by atoms with Crippen LogP contribution >= 0.6 is 11.3 Å². The van der Waals surface area contributed by atoms with E-state index in [2.05, 4.69) is 39.0 Å². The van der Waals surface area contributed by atoms with E-state index in [1.54, 1.807) is 30.3 Å². The molecule has 1 fully saturated rings. The van der Waals surface area contributed by atoms with Crippen LogP contribution in [0.3, 0.4) is 0 Å². The van der Waals surface area contributed by atoms with Crippen molar-refractivity contribution in [1.82, 2.24) is 9.88 Å². The van der Waals surface area contributed by atoms with Gasteiger partial charge in [0.2, 0.25) is 0 Å². The molecule has 0 aliphatic carbocycles. The Kier molecular flexibility index (Phi) is 4.29. The molecular weight excluding hydrogens is 296 g/mol.